The number of unbranched alkanes of at least 4 members (excludes halogenated alkanes) is 36. The molecule has 0 spiro atoms. The number of esters is 3. The second kappa shape index (κ2) is 66.1. The lowest BCUT2D eigenvalue weighted by atomic mass is 10.0. The second-order valence-corrected chi connectivity index (χ2v) is 22.3. The minimum atomic E-state index is -0.811. The molecule has 0 rings (SSSR count). The fraction of sp³-hybridized carbons (Fsp3) is 0.764. The van der Waals surface area contributed by atoms with Crippen LogP contribution in [0, 0.1) is 0 Å². The smallest absolute Gasteiger partial charge is 0.306 e. The van der Waals surface area contributed by atoms with Crippen LogP contribution in [0.3, 0.4) is 0 Å². The molecule has 0 heterocycles. The van der Waals surface area contributed by atoms with Gasteiger partial charge < -0.3 is 14.2 Å². The molecule has 0 aromatic heterocycles. The SMILES string of the molecule is CC/C=C\C/C=C\C/C=C\C/C=C\C/C=C\CCCC(=O)OC(COC(=O)CCCCCCC/C=C\CCCCCCCCC)COC(=O)CCCCCCCCCCCCCCCCC/C=C\CCCCCCCCCC. The summed E-state index contributed by atoms with van der Waals surface area (Å²) in [6.45, 7) is 6.51. The number of hydrogen-bond donors (Lipinski definition) is 0. The van der Waals surface area contributed by atoms with Crippen molar-refractivity contribution in [3.05, 3.63) is 85.1 Å². The third-order valence-corrected chi connectivity index (χ3v) is 14.6. The summed E-state index contributed by atoms with van der Waals surface area (Å²) >= 11 is 0. The van der Waals surface area contributed by atoms with E-state index in [-0.39, 0.29) is 37.5 Å². The van der Waals surface area contributed by atoms with E-state index in [2.05, 4.69) is 106 Å². The van der Waals surface area contributed by atoms with Gasteiger partial charge in [0.25, 0.3) is 0 Å². The Morgan fingerprint density at radius 2 is 0.513 bits per heavy atom. The van der Waals surface area contributed by atoms with Gasteiger partial charge in [0.05, 0.1) is 0 Å². The summed E-state index contributed by atoms with van der Waals surface area (Å²) in [7, 11) is 0. The molecule has 0 aromatic rings. The van der Waals surface area contributed by atoms with Gasteiger partial charge in [-0.1, -0.05) is 292 Å². The van der Waals surface area contributed by atoms with Crippen LogP contribution in [0.25, 0.3) is 0 Å². The van der Waals surface area contributed by atoms with Gasteiger partial charge in [0.2, 0.25) is 0 Å². The normalized spacial score (nSPS) is 12.6. The highest BCUT2D eigenvalue weighted by atomic mass is 16.6. The first-order valence-electron chi connectivity index (χ1n) is 33.6. The predicted octanol–water partition coefficient (Wildman–Crippen LogP) is 23.1. The van der Waals surface area contributed by atoms with E-state index in [0.29, 0.717) is 19.3 Å². The van der Waals surface area contributed by atoms with Gasteiger partial charge in [-0.05, 0) is 109 Å². The van der Waals surface area contributed by atoms with E-state index >= 15 is 0 Å². The maximum Gasteiger partial charge on any atom is 0.306 e. The number of rotatable bonds is 61. The van der Waals surface area contributed by atoms with E-state index < -0.39 is 6.10 Å². The molecule has 0 saturated carbocycles. The summed E-state index contributed by atoms with van der Waals surface area (Å²) < 4.78 is 16.9. The van der Waals surface area contributed by atoms with Crippen LogP contribution >= 0.6 is 0 Å². The van der Waals surface area contributed by atoms with Gasteiger partial charge in [-0.3, -0.25) is 14.4 Å². The standard InChI is InChI=1S/C72H126O6/c1-4-7-10-13-16-19-22-25-28-31-32-33-34-35-36-37-38-39-40-42-44-47-50-53-56-59-62-65-71(74)77-68-69(67-76-70(73)64-61-58-55-52-49-46-43-30-27-24-21-18-15-12-9-6-3)78-72(75)66-63-60-57-54-51-48-45-41-29-26-23-20-17-14-11-8-5-2/h8,11,17,20,26,29-32,43,45,48,54,57,69H,4-7,9-10,12-16,18-19,21-25,27-28,33-42,44,46-47,49-53,55-56,58-68H2,1-3H3/b11-8-,20-17-,29-26-,32-31-,43-30-,48-45-,57-54-. The van der Waals surface area contributed by atoms with E-state index in [4.69, 9.17) is 14.2 Å². The number of allylic oxidation sites excluding steroid dienone is 14. The molecule has 1 unspecified atom stereocenters. The van der Waals surface area contributed by atoms with Crippen LogP contribution in [0.4, 0.5) is 0 Å². The largest absolute Gasteiger partial charge is 0.462 e. The Bertz CT molecular complexity index is 1480. The third kappa shape index (κ3) is 63.4. The first-order valence-corrected chi connectivity index (χ1v) is 33.6. The summed E-state index contributed by atoms with van der Waals surface area (Å²) in [4.78, 5) is 38.3. The summed E-state index contributed by atoms with van der Waals surface area (Å²) in [6, 6.07) is 0. The van der Waals surface area contributed by atoms with Crippen molar-refractivity contribution in [1.29, 1.82) is 0 Å². The van der Waals surface area contributed by atoms with Gasteiger partial charge in [-0.15, -0.1) is 0 Å². The number of carbonyl (C=O) groups is 3. The lowest BCUT2D eigenvalue weighted by Crippen LogP contribution is -2.30. The maximum absolute atomic E-state index is 12.9. The van der Waals surface area contributed by atoms with E-state index in [1.165, 1.54) is 205 Å². The molecule has 450 valence electrons. The second-order valence-electron chi connectivity index (χ2n) is 22.3. The van der Waals surface area contributed by atoms with Crippen molar-refractivity contribution in [2.45, 2.75) is 341 Å². The van der Waals surface area contributed by atoms with Gasteiger partial charge >= 0.3 is 17.9 Å². The van der Waals surface area contributed by atoms with Crippen LogP contribution < -0.4 is 0 Å². The average molecular weight is 1090 g/mol. The van der Waals surface area contributed by atoms with Crippen molar-refractivity contribution in [2.75, 3.05) is 13.2 Å². The van der Waals surface area contributed by atoms with Crippen LogP contribution in [-0.2, 0) is 28.6 Å². The Labute approximate surface area is 484 Å². The fourth-order valence-corrected chi connectivity index (χ4v) is 9.59. The lowest BCUT2D eigenvalue weighted by molar-refractivity contribution is -0.167. The van der Waals surface area contributed by atoms with Gasteiger partial charge in [-0.2, -0.15) is 0 Å². The Kier molecular flexibility index (Phi) is 63.2. The first kappa shape index (κ1) is 74.6. The van der Waals surface area contributed by atoms with E-state index in [1.807, 2.05) is 0 Å². The Morgan fingerprint density at radius 1 is 0.269 bits per heavy atom. The molecule has 0 aliphatic rings. The lowest BCUT2D eigenvalue weighted by Gasteiger charge is -2.18. The summed E-state index contributed by atoms with van der Waals surface area (Å²) in [5.74, 6) is -0.954. The molecule has 0 aromatic carbocycles. The molecule has 0 fully saturated rings. The van der Waals surface area contributed by atoms with Crippen molar-refractivity contribution < 1.29 is 28.6 Å². The molecule has 6 nitrogen and oxygen atoms in total. The van der Waals surface area contributed by atoms with E-state index in [1.54, 1.807) is 0 Å². The van der Waals surface area contributed by atoms with Crippen LogP contribution in [0.15, 0.2) is 85.1 Å². The zero-order valence-electron chi connectivity index (χ0n) is 51.7. The van der Waals surface area contributed by atoms with Crippen molar-refractivity contribution >= 4 is 17.9 Å². The zero-order valence-corrected chi connectivity index (χ0v) is 51.7. The summed E-state index contributed by atoms with van der Waals surface area (Å²) in [5, 5.41) is 0. The molecule has 0 aliphatic heterocycles. The van der Waals surface area contributed by atoms with Crippen molar-refractivity contribution in [3.63, 3.8) is 0 Å². The van der Waals surface area contributed by atoms with Crippen molar-refractivity contribution in [1.82, 2.24) is 0 Å². The maximum atomic E-state index is 12.9. The predicted molar refractivity (Wildman–Crippen MR) is 339 cm³/mol. The zero-order chi connectivity index (χ0) is 56.4. The molecule has 0 amide bonds. The summed E-state index contributed by atoms with van der Waals surface area (Å²) in [6.07, 6.45) is 87.6. The highest BCUT2D eigenvalue weighted by Gasteiger charge is 2.19. The van der Waals surface area contributed by atoms with Gasteiger partial charge in [0, 0.05) is 19.3 Å². The molecular formula is C72H126O6. The minimum absolute atomic E-state index is 0.0998. The molecule has 0 aliphatic carbocycles. The average Bonchev–Trinajstić information content (AvgIpc) is 3.44. The van der Waals surface area contributed by atoms with Gasteiger partial charge in [0.1, 0.15) is 13.2 Å². The van der Waals surface area contributed by atoms with Gasteiger partial charge in [-0.25, -0.2) is 0 Å². The first-order chi connectivity index (χ1) is 38.5. The fourth-order valence-electron chi connectivity index (χ4n) is 9.59. The molecule has 1 atom stereocenters. The molecule has 6 heteroatoms. The Balaban J connectivity index is 4.33. The summed E-state index contributed by atoms with van der Waals surface area (Å²) in [5.41, 5.74) is 0. The quantitative estimate of drug-likeness (QED) is 0.0261. The van der Waals surface area contributed by atoms with E-state index in [0.717, 1.165) is 83.5 Å². The molecule has 0 N–H and O–H groups in total. The molecule has 78 heavy (non-hydrogen) atoms. The van der Waals surface area contributed by atoms with Crippen LogP contribution in [0.2, 0.25) is 0 Å². The van der Waals surface area contributed by atoms with Crippen molar-refractivity contribution in [2.24, 2.45) is 0 Å². The molecule has 0 saturated heterocycles. The monoisotopic (exact) mass is 1090 g/mol. The number of carbonyl (C=O) groups excluding carboxylic acids is 3. The highest BCUT2D eigenvalue weighted by molar-refractivity contribution is 5.71. The van der Waals surface area contributed by atoms with Crippen LogP contribution in [0.1, 0.15) is 335 Å². The topological polar surface area (TPSA) is 78.9 Å². The molecule has 0 radical (unpaired) electrons. The number of ether oxygens (including phenoxy) is 3. The van der Waals surface area contributed by atoms with E-state index in [9.17, 15) is 14.4 Å². The van der Waals surface area contributed by atoms with Crippen LogP contribution in [0.5, 0.6) is 0 Å². The highest BCUT2D eigenvalue weighted by Crippen LogP contribution is 2.17. The Morgan fingerprint density at radius 3 is 0.833 bits per heavy atom. The molecular weight excluding hydrogens is 961 g/mol. The van der Waals surface area contributed by atoms with Gasteiger partial charge in [0.15, 0.2) is 6.10 Å². The van der Waals surface area contributed by atoms with Crippen molar-refractivity contribution in [3.8, 4) is 0 Å². The minimum Gasteiger partial charge on any atom is -0.462 e. The number of hydrogen-bond acceptors (Lipinski definition) is 6. The van der Waals surface area contributed by atoms with Crippen LogP contribution in [-0.4, -0.2) is 37.2 Å². The molecule has 0 bridgehead atoms. The Hall–Kier alpha value is -3.41. The third-order valence-electron chi connectivity index (χ3n) is 14.6.